The van der Waals surface area contributed by atoms with Crippen LogP contribution in [0.25, 0.3) is 5.65 Å². The number of pyridine rings is 1. The first-order chi connectivity index (χ1) is 8.20. The molecule has 0 saturated carbocycles. The molecule has 6 heteroatoms. The number of anilines is 1. The van der Waals surface area contributed by atoms with Crippen molar-refractivity contribution in [3.8, 4) is 0 Å². The summed E-state index contributed by atoms with van der Waals surface area (Å²) in [5.74, 6) is 0.585. The number of rotatable bonds is 4. The number of ether oxygens (including phenoxy) is 1. The van der Waals surface area contributed by atoms with E-state index in [-0.39, 0.29) is 5.97 Å². The maximum atomic E-state index is 11.0. The second-order valence-corrected chi connectivity index (χ2v) is 3.70. The van der Waals surface area contributed by atoms with Gasteiger partial charge in [0.1, 0.15) is 12.1 Å². The van der Waals surface area contributed by atoms with Crippen LogP contribution in [0.1, 0.15) is 12.0 Å². The number of fused-ring (bicyclic) bond motifs is 1. The van der Waals surface area contributed by atoms with Gasteiger partial charge in [-0.3, -0.25) is 4.79 Å². The van der Waals surface area contributed by atoms with Gasteiger partial charge in [-0.25, -0.2) is 4.98 Å². The fourth-order valence-corrected chi connectivity index (χ4v) is 1.58. The molecule has 17 heavy (non-hydrogen) atoms. The number of esters is 1. The van der Waals surface area contributed by atoms with Crippen molar-refractivity contribution in [2.75, 3.05) is 19.0 Å². The van der Waals surface area contributed by atoms with Crippen LogP contribution in [-0.4, -0.2) is 34.2 Å². The standard InChI is InChI=1S/C11H14N4O2/c1-8-5-9(12-4-3-11(16)17-2)15-10(6-8)13-7-14-15/h5-7,12H,3-4H2,1-2H3. The summed E-state index contributed by atoms with van der Waals surface area (Å²) in [5.41, 5.74) is 1.87. The van der Waals surface area contributed by atoms with Crippen molar-refractivity contribution in [2.24, 2.45) is 0 Å². The second-order valence-electron chi connectivity index (χ2n) is 3.70. The summed E-state index contributed by atoms with van der Waals surface area (Å²) in [6.07, 6.45) is 1.82. The lowest BCUT2D eigenvalue weighted by atomic mass is 10.3. The average molecular weight is 234 g/mol. The molecule has 0 saturated heterocycles. The lowest BCUT2D eigenvalue weighted by Crippen LogP contribution is -2.12. The van der Waals surface area contributed by atoms with Crippen molar-refractivity contribution in [3.05, 3.63) is 24.0 Å². The predicted octanol–water partition coefficient (Wildman–Crippen LogP) is 1.01. The molecular weight excluding hydrogens is 220 g/mol. The number of nitrogens with one attached hydrogen (secondary N) is 1. The number of carbonyl (C=O) groups is 1. The van der Waals surface area contributed by atoms with E-state index in [0.29, 0.717) is 13.0 Å². The predicted molar refractivity (Wildman–Crippen MR) is 62.8 cm³/mol. The van der Waals surface area contributed by atoms with Crippen molar-refractivity contribution < 1.29 is 9.53 Å². The molecule has 0 aliphatic rings. The Kier molecular flexibility index (Phi) is 3.22. The van der Waals surface area contributed by atoms with Gasteiger partial charge in [0.2, 0.25) is 0 Å². The highest BCUT2D eigenvalue weighted by atomic mass is 16.5. The van der Waals surface area contributed by atoms with Gasteiger partial charge in [-0.15, -0.1) is 0 Å². The molecule has 0 bridgehead atoms. The Morgan fingerprint density at radius 1 is 1.53 bits per heavy atom. The van der Waals surface area contributed by atoms with Gasteiger partial charge in [-0.1, -0.05) is 0 Å². The fourth-order valence-electron chi connectivity index (χ4n) is 1.58. The maximum Gasteiger partial charge on any atom is 0.307 e. The van der Waals surface area contributed by atoms with Gasteiger partial charge < -0.3 is 10.1 Å². The van der Waals surface area contributed by atoms with E-state index in [0.717, 1.165) is 17.0 Å². The summed E-state index contributed by atoms with van der Waals surface area (Å²) < 4.78 is 6.27. The Balaban J connectivity index is 2.12. The van der Waals surface area contributed by atoms with E-state index < -0.39 is 0 Å². The number of hydrogen-bond donors (Lipinski definition) is 1. The van der Waals surface area contributed by atoms with Crippen LogP contribution in [0.5, 0.6) is 0 Å². The number of aromatic nitrogens is 3. The maximum absolute atomic E-state index is 11.0. The summed E-state index contributed by atoms with van der Waals surface area (Å²) in [5, 5.41) is 7.24. The van der Waals surface area contributed by atoms with Gasteiger partial charge in [0.05, 0.1) is 13.5 Å². The largest absolute Gasteiger partial charge is 0.469 e. The van der Waals surface area contributed by atoms with E-state index in [2.05, 4.69) is 20.1 Å². The molecule has 0 amide bonds. The topological polar surface area (TPSA) is 68.5 Å². The number of methoxy groups -OCH3 is 1. The quantitative estimate of drug-likeness (QED) is 0.800. The normalized spacial score (nSPS) is 10.5. The summed E-state index contributed by atoms with van der Waals surface area (Å²) in [6, 6.07) is 3.90. The fraction of sp³-hybridized carbons (Fsp3) is 0.364. The molecule has 2 rings (SSSR count). The molecule has 0 fully saturated rings. The molecule has 0 aliphatic heterocycles. The smallest absolute Gasteiger partial charge is 0.307 e. The summed E-state index contributed by atoms with van der Waals surface area (Å²) >= 11 is 0. The summed E-state index contributed by atoms with van der Waals surface area (Å²) in [7, 11) is 1.38. The van der Waals surface area contributed by atoms with Crippen LogP contribution < -0.4 is 5.32 Å². The van der Waals surface area contributed by atoms with Gasteiger partial charge in [0, 0.05) is 6.54 Å². The Bertz CT molecular complexity index is 535. The SMILES string of the molecule is COC(=O)CCNc1cc(C)cc2ncnn12. The Labute approximate surface area is 98.6 Å². The van der Waals surface area contributed by atoms with Crippen LogP contribution in [0.2, 0.25) is 0 Å². The molecule has 1 N–H and O–H groups in total. The van der Waals surface area contributed by atoms with Gasteiger partial charge in [-0.2, -0.15) is 9.61 Å². The minimum Gasteiger partial charge on any atom is -0.469 e. The van der Waals surface area contributed by atoms with E-state index in [9.17, 15) is 4.79 Å². The molecule has 2 heterocycles. The molecule has 6 nitrogen and oxygen atoms in total. The van der Waals surface area contributed by atoms with Crippen molar-refractivity contribution in [1.29, 1.82) is 0 Å². The van der Waals surface area contributed by atoms with Crippen molar-refractivity contribution in [2.45, 2.75) is 13.3 Å². The third-order valence-corrected chi connectivity index (χ3v) is 2.39. The van der Waals surface area contributed by atoms with Crippen LogP contribution >= 0.6 is 0 Å². The highest BCUT2D eigenvalue weighted by Gasteiger charge is 2.05. The highest BCUT2D eigenvalue weighted by molar-refractivity contribution is 5.69. The minimum atomic E-state index is -0.236. The average Bonchev–Trinajstić information content (AvgIpc) is 2.76. The van der Waals surface area contributed by atoms with Gasteiger partial charge in [0.25, 0.3) is 0 Å². The molecule has 2 aromatic heterocycles. The minimum absolute atomic E-state index is 0.236. The third-order valence-electron chi connectivity index (χ3n) is 2.39. The zero-order valence-electron chi connectivity index (χ0n) is 9.80. The molecule has 90 valence electrons. The van der Waals surface area contributed by atoms with Gasteiger partial charge in [-0.05, 0) is 24.6 Å². The van der Waals surface area contributed by atoms with Gasteiger partial charge in [0.15, 0.2) is 5.65 Å². The van der Waals surface area contributed by atoms with E-state index >= 15 is 0 Å². The van der Waals surface area contributed by atoms with E-state index in [1.807, 2.05) is 19.1 Å². The molecule has 0 spiro atoms. The Morgan fingerprint density at radius 3 is 3.12 bits per heavy atom. The van der Waals surface area contributed by atoms with Crippen LogP contribution in [-0.2, 0) is 9.53 Å². The zero-order valence-corrected chi connectivity index (χ0v) is 9.80. The number of nitrogens with zero attached hydrogens (tertiary/aromatic N) is 3. The first-order valence-corrected chi connectivity index (χ1v) is 5.32. The Hall–Kier alpha value is -2.11. The molecule has 0 atom stereocenters. The van der Waals surface area contributed by atoms with Crippen LogP contribution in [0.3, 0.4) is 0 Å². The van der Waals surface area contributed by atoms with Crippen LogP contribution in [0, 0.1) is 6.92 Å². The summed E-state index contributed by atoms with van der Waals surface area (Å²) in [6.45, 7) is 2.49. The van der Waals surface area contributed by atoms with Crippen molar-refractivity contribution >= 4 is 17.4 Å². The van der Waals surface area contributed by atoms with E-state index in [1.165, 1.54) is 13.4 Å². The van der Waals surface area contributed by atoms with Crippen molar-refractivity contribution in [1.82, 2.24) is 14.6 Å². The highest BCUT2D eigenvalue weighted by Crippen LogP contribution is 2.12. The number of aryl methyl sites for hydroxylation is 1. The third kappa shape index (κ3) is 2.52. The van der Waals surface area contributed by atoms with E-state index in [4.69, 9.17) is 0 Å². The zero-order chi connectivity index (χ0) is 12.3. The molecular formula is C11H14N4O2. The molecule has 0 aliphatic carbocycles. The monoisotopic (exact) mass is 234 g/mol. The van der Waals surface area contributed by atoms with E-state index in [1.54, 1.807) is 4.52 Å². The number of carbonyl (C=O) groups excluding carboxylic acids is 1. The molecule has 0 unspecified atom stereocenters. The first kappa shape index (κ1) is 11.4. The Morgan fingerprint density at radius 2 is 2.35 bits per heavy atom. The van der Waals surface area contributed by atoms with Crippen molar-refractivity contribution in [3.63, 3.8) is 0 Å². The van der Waals surface area contributed by atoms with Gasteiger partial charge >= 0.3 is 5.97 Å². The van der Waals surface area contributed by atoms with Crippen LogP contribution in [0.15, 0.2) is 18.5 Å². The molecule has 0 radical (unpaired) electrons. The lowest BCUT2D eigenvalue weighted by Gasteiger charge is -2.08. The second kappa shape index (κ2) is 4.82. The lowest BCUT2D eigenvalue weighted by molar-refractivity contribution is -0.140. The molecule has 0 aromatic carbocycles. The summed E-state index contributed by atoms with van der Waals surface area (Å²) in [4.78, 5) is 15.1. The van der Waals surface area contributed by atoms with Crippen LogP contribution in [0.4, 0.5) is 5.82 Å². The number of hydrogen-bond acceptors (Lipinski definition) is 5. The molecule has 2 aromatic rings. The first-order valence-electron chi connectivity index (χ1n) is 5.32.